The number of hydrogen-bond donors (Lipinski definition) is 1. The summed E-state index contributed by atoms with van der Waals surface area (Å²) < 4.78 is 0. The van der Waals surface area contributed by atoms with E-state index in [0.717, 1.165) is 0 Å². The van der Waals surface area contributed by atoms with E-state index in [2.05, 4.69) is 0 Å². The lowest BCUT2D eigenvalue weighted by molar-refractivity contribution is -0.148. The molecule has 2 rings (SSSR count). The molecule has 2 aliphatic carbocycles. The summed E-state index contributed by atoms with van der Waals surface area (Å²) in [6, 6.07) is 0. The summed E-state index contributed by atoms with van der Waals surface area (Å²) in [7, 11) is 3.57. The Labute approximate surface area is 136 Å². The third-order valence-electron chi connectivity index (χ3n) is 4.89. The van der Waals surface area contributed by atoms with E-state index in [0.29, 0.717) is 42.2 Å². The van der Waals surface area contributed by atoms with Crippen LogP contribution in [0.25, 0.3) is 0 Å². The quantitative estimate of drug-likeness (QED) is 0.838. The van der Waals surface area contributed by atoms with Gasteiger partial charge in [0.1, 0.15) is 0 Å². The summed E-state index contributed by atoms with van der Waals surface area (Å²) in [4.78, 5) is 14.5. The molecule has 0 aromatic carbocycles. The third kappa shape index (κ3) is 3.30. The fourth-order valence-electron chi connectivity index (χ4n) is 3.45. The molecule has 0 spiro atoms. The van der Waals surface area contributed by atoms with Gasteiger partial charge in [-0.15, -0.1) is 0 Å². The van der Waals surface area contributed by atoms with Crippen LogP contribution in [0.4, 0.5) is 0 Å². The van der Waals surface area contributed by atoms with Crippen molar-refractivity contribution in [3.05, 3.63) is 22.2 Å². The molecule has 2 aliphatic rings. The number of halogens is 2. The minimum absolute atomic E-state index is 0.0403. The fourth-order valence-corrected chi connectivity index (χ4v) is 3.83. The molecule has 1 N–H and O–H groups in total. The number of amides is 1. The molecule has 0 aromatic rings. The Hall–Kier alpha value is -0.510. The Balaban J connectivity index is 2.31. The summed E-state index contributed by atoms with van der Waals surface area (Å²) in [6.07, 6.45) is 7.02. The van der Waals surface area contributed by atoms with Gasteiger partial charge in [0, 0.05) is 19.1 Å². The van der Waals surface area contributed by atoms with E-state index in [1.807, 2.05) is 13.0 Å². The number of hydrogen-bond acceptors (Lipinski definition) is 2. The molecule has 0 bridgehead atoms. The van der Waals surface area contributed by atoms with E-state index in [4.69, 9.17) is 23.2 Å². The van der Waals surface area contributed by atoms with Crippen molar-refractivity contribution < 1.29 is 9.90 Å². The van der Waals surface area contributed by atoms with Crippen LogP contribution in [0.3, 0.4) is 0 Å². The molecule has 118 valence electrons. The number of nitrogens with zero attached hydrogens (tertiary/aromatic N) is 1. The minimum Gasteiger partial charge on any atom is -0.390 e. The topological polar surface area (TPSA) is 40.5 Å². The minimum atomic E-state index is -0.675. The highest BCUT2D eigenvalue weighted by Gasteiger charge is 2.50. The van der Waals surface area contributed by atoms with E-state index in [1.54, 1.807) is 25.1 Å². The molecule has 21 heavy (non-hydrogen) atoms. The molecule has 0 saturated heterocycles. The average Bonchev–Trinajstić information content (AvgIpc) is 2.42. The van der Waals surface area contributed by atoms with Gasteiger partial charge in [0.15, 0.2) is 0 Å². The lowest BCUT2D eigenvalue weighted by atomic mass is 9.60. The van der Waals surface area contributed by atoms with E-state index >= 15 is 0 Å². The summed E-state index contributed by atoms with van der Waals surface area (Å²) in [5.41, 5.74) is -1.16. The number of aliphatic hydroxyl groups is 1. The molecule has 0 heterocycles. The monoisotopic (exact) mass is 331 g/mol. The lowest BCUT2D eigenvalue weighted by Gasteiger charge is -2.47. The average molecular weight is 332 g/mol. The number of rotatable bonds is 2. The van der Waals surface area contributed by atoms with Crippen LogP contribution in [0, 0.1) is 11.3 Å². The van der Waals surface area contributed by atoms with Crippen molar-refractivity contribution >= 4 is 29.1 Å². The largest absolute Gasteiger partial charge is 0.390 e. The molecule has 1 unspecified atom stereocenters. The van der Waals surface area contributed by atoms with Gasteiger partial charge >= 0.3 is 0 Å². The van der Waals surface area contributed by atoms with E-state index in [9.17, 15) is 9.90 Å². The molecular weight excluding hydrogens is 309 g/mol. The molecule has 0 aromatic heterocycles. The first-order valence-corrected chi connectivity index (χ1v) is 8.10. The van der Waals surface area contributed by atoms with E-state index in [1.165, 1.54) is 0 Å². The van der Waals surface area contributed by atoms with Crippen molar-refractivity contribution in [2.45, 2.75) is 44.6 Å². The highest BCUT2D eigenvalue weighted by molar-refractivity contribution is 6.40. The van der Waals surface area contributed by atoms with Crippen LogP contribution in [0.5, 0.6) is 0 Å². The van der Waals surface area contributed by atoms with E-state index in [-0.39, 0.29) is 11.8 Å². The van der Waals surface area contributed by atoms with Gasteiger partial charge in [-0.2, -0.15) is 0 Å². The van der Waals surface area contributed by atoms with Gasteiger partial charge in [-0.25, -0.2) is 0 Å². The second-order valence-electron chi connectivity index (χ2n) is 6.78. The van der Waals surface area contributed by atoms with Gasteiger partial charge < -0.3 is 10.0 Å². The highest BCUT2D eigenvalue weighted by atomic mass is 35.5. The summed E-state index contributed by atoms with van der Waals surface area (Å²) >= 11 is 12.2. The van der Waals surface area contributed by atoms with Gasteiger partial charge in [-0.05, 0) is 51.0 Å². The fraction of sp³-hybridized carbons (Fsp3) is 0.688. The second kappa shape index (κ2) is 5.94. The lowest BCUT2D eigenvalue weighted by Crippen LogP contribution is -2.50. The smallest absolute Gasteiger partial charge is 0.228 e. The molecule has 1 amide bonds. The number of allylic oxidation sites excluding steroid dienone is 4. The molecule has 3 nitrogen and oxygen atoms in total. The first-order valence-electron chi connectivity index (χ1n) is 7.34. The summed E-state index contributed by atoms with van der Waals surface area (Å²) in [6.45, 7) is 1.84. The molecular formula is C16H23Cl2NO2. The molecule has 0 aliphatic heterocycles. The maximum absolute atomic E-state index is 12.8. The Kier molecular flexibility index (Phi) is 4.77. The predicted octanol–water partition coefficient (Wildman–Crippen LogP) is 3.65. The maximum Gasteiger partial charge on any atom is 0.228 e. The highest BCUT2D eigenvalue weighted by Crippen LogP contribution is 2.51. The van der Waals surface area contributed by atoms with Crippen LogP contribution in [0.15, 0.2) is 22.2 Å². The van der Waals surface area contributed by atoms with Crippen LogP contribution in [0.1, 0.15) is 39.0 Å². The molecule has 1 fully saturated rings. The van der Waals surface area contributed by atoms with Crippen LogP contribution in [-0.4, -0.2) is 35.6 Å². The van der Waals surface area contributed by atoms with Crippen molar-refractivity contribution in [3.8, 4) is 0 Å². The Bertz CT molecular complexity index is 485. The number of carbonyl (C=O) groups is 1. The molecule has 0 radical (unpaired) electrons. The van der Waals surface area contributed by atoms with Gasteiger partial charge in [0.2, 0.25) is 5.91 Å². The standard InChI is InChI=1S/C16H23Cl2NO2/c1-15(21)6-8-16(9-7-15,14(20)19(2)3)11-4-5-12(17)13(18)10-11/h4-5,11,21H,6-10H2,1-3H3/t11?,15-,16+. The normalized spacial score (nSPS) is 36.8. The SMILES string of the molecule is CN(C)C(=O)[C@]1(C2C=CC(Cl)=C(Cl)C2)CC[C@](C)(O)CC1. The zero-order chi connectivity index (χ0) is 15.8. The van der Waals surface area contributed by atoms with Crippen LogP contribution in [0.2, 0.25) is 0 Å². The molecule has 5 heteroatoms. The van der Waals surface area contributed by atoms with Crippen LogP contribution >= 0.6 is 23.2 Å². The zero-order valence-electron chi connectivity index (χ0n) is 12.8. The molecule has 1 atom stereocenters. The third-order valence-corrected chi connectivity index (χ3v) is 5.70. The van der Waals surface area contributed by atoms with Crippen molar-refractivity contribution in [1.29, 1.82) is 0 Å². The summed E-state index contributed by atoms with van der Waals surface area (Å²) in [5.74, 6) is 0.161. The predicted molar refractivity (Wildman–Crippen MR) is 86.2 cm³/mol. The van der Waals surface area contributed by atoms with Gasteiger partial charge in [0.25, 0.3) is 0 Å². The Morgan fingerprint density at radius 3 is 2.33 bits per heavy atom. The van der Waals surface area contributed by atoms with Crippen molar-refractivity contribution in [3.63, 3.8) is 0 Å². The maximum atomic E-state index is 12.8. The zero-order valence-corrected chi connectivity index (χ0v) is 14.3. The van der Waals surface area contributed by atoms with Crippen molar-refractivity contribution in [2.24, 2.45) is 11.3 Å². The number of carbonyl (C=O) groups excluding carboxylic acids is 1. The molecule has 1 saturated carbocycles. The van der Waals surface area contributed by atoms with Gasteiger partial charge in [-0.1, -0.05) is 29.3 Å². The van der Waals surface area contributed by atoms with Crippen molar-refractivity contribution in [2.75, 3.05) is 14.1 Å². The van der Waals surface area contributed by atoms with Crippen LogP contribution < -0.4 is 0 Å². The van der Waals surface area contributed by atoms with Crippen molar-refractivity contribution in [1.82, 2.24) is 4.90 Å². The van der Waals surface area contributed by atoms with Crippen LogP contribution in [-0.2, 0) is 4.79 Å². The van der Waals surface area contributed by atoms with Gasteiger partial charge in [-0.3, -0.25) is 4.79 Å². The Morgan fingerprint density at radius 2 is 1.86 bits per heavy atom. The van der Waals surface area contributed by atoms with E-state index < -0.39 is 11.0 Å². The first kappa shape index (κ1) is 16.9. The first-order chi connectivity index (χ1) is 9.68. The second-order valence-corrected chi connectivity index (χ2v) is 7.64. The summed E-state index contributed by atoms with van der Waals surface area (Å²) in [5, 5.41) is 11.4. The van der Waals surface area contributed by atoms with Gasteiger partial charge in [0.05, 0.1) is 16.0 Å². The Morgan fingerprint density at radius 1 is 1.29 bits per heavy atom.